The molecule has 0 amide bonds. The Kier molecular flexibility index (Phi) is 5.71. The number of aromatic nitrogens is 3. The van der Waals surface area contributed by atoms with Gasteiger partial charge in [-0.2, -0.15) is 0 Å². The monoisotopic (exact) mass is 497 g/mol. The lowest BCUT2D eigenvalue weighted by atomic mass is 9.87. The van der Waals surface area contributed by atoms with Gasteiger partial charge in [0.05, 0.1) is 0 Å². The second-order valence-electron chi connectivity index (χ2n) is 9.82. The first kappa shape index (κ1) is 23.1. The van der Waals surface area contributed by atoms with E-state index < -0.39 is 0 Å². The molecule has 1 aromatic heterocycles. The summed E-state index contributed by atoms with van der Waals surface area (Å²) in [6.45, 7) is 0. The van der Waals surface area contributed by atoms with E-state index in [1.165, 1.54) is 27.1 Å². The second-order valence-corrected chi connectivity index (χ2v) is 9.82. The topological polar surface area (TPSA) is 38.7 Å². The van der Waals surface area contributed by atoms with Crippen molar-refractivity contribution < 1.29 is 0 Å². The van der Waals surface area contributed by atoms with Crippen LogP contribution in [0, 0.1) is 0 Å². The third-order valence-electron chi connectivity index (χ3n) is 7.11. The van der Waals surface area contributed by atoms with Crippen molar-refractivity contribution in [3.05, 3.63) is 133 Å². The summed E-state index contributed by atoms with van der Waals surface area (Å²) in [4.78, 5) is 14.8. The molecule has 182 valence electrons. The van der Waals surface area contributed by atoms with Crippen LogP contribution in [0.4, 0.5) is 0 Å². The Bertz CT molecular complexity index is 1910. The van der Waals surface area contributed by atoms with Gasteiger partial charge >= 0.3 is 0 Å². The summed E-state index contributed by atoms with van der Waals surface area (Å²) >= 11 is 0. The van der Waals surface area contributed by atoms with Gasteiger partial charge in [0.15, 0.2) is 17.5 Å². The van der Waals surface area contributed by atoms with Gasteiger partial charge in [-0.1, -0.05) is 127 Å². The summed E-state index contributed by atoms with van der Waals surface area (Å²) < 4.78 is 0. The lowest BCUT2D eigenvalue weighted by Gasteiger charge is -2.14. The normalized spacial score (nSPS) is 11.2. The zero-order valence-corrected chi connectivity index (χ0v) is 21.5. The smallest absolute Gasteiger partial charge is 0.164 e. The Hall–Kier alpha value is -5.09. The highest BCUT2D eigenvalue weighted by Gasteiger charge is 2.15. The fourth-order valence-corrected chi connectivity index (χ4v) is 5.30. The summed E-state index contributed by atoms with van der Waals surface area (Å²) in [5.74, 6) is 2.00. The van der Waals surface area contributed by atoms with Crippen LogP contribution in [0.25, 0.3) is 66.8 Å². The van der Waals surface area contributed by atoms with Crippen LogP contribution in [0.3, 0.4) is 0 Å². The number of hydrogen-bond donors (Lipinski definition) is 0. The first-order chi connectivity index (χ1) is 19.2. The van der Waals surface area contributed by atoms with Crippen LogP contribution >= 0.6 is 0 Å². The fraction of sp³-hybridized carbons (Fsp3) is 0. The van der Waals surface area contributed by atoms with Crippen molar-refractivity contribution in [3.63, 3.8) is 0 Å². The van der Waals surface area contributed by atoms with E-state index in [1.54, 1.807) is 0 Å². The predicted octanol–water partition coefficient (Wildman–Crippen LogP) is 7.10. The molecule has 7 rings (SSSR count). The second kappa shape index (κ2) is 9.66. The average Bonchev–Trinajstić information content (AvgIpc) is 3.01. The molecule has 0 saturated carbocycles. The maximum absolute atomic E-state index is 4.97. The van der Waals surface area contributed by atoms with Gasteiger partial charge in [0.2, 0.25) is 0 Å². The van der Waals surface area contributed by atoms with Crippen LogP contribution in [0.2, 0.25) is 0 Å². The molecule has 0 aliphatic heterocycles. The van der Waals surface area contributed by atoms with Crippen LogP contribution in [0.1, 0.15) is 0 Å². The third-order valence-corrected chi connectivity index (χ3v) is 7.11. The quantitative estimate of drug-likeness (QED) is 0.192. The van der Waals surface area contributed by atoms with E-state index >= 15 is 0 Å². The summed E-state index contributed by atoms with van der Waals surface area (Å²) in [6.07, 6.45) is 0. The van der Waals surface area contributed by atoms with Gasteiger partial charge < -0.3 is 0 Å². The van der Waals surface area contributed by atoms with Crippen molar-refractivity contribution >= 4 is 34.9 Å². The van der Waals surface area contributed by atoms with E-state index in [0.717, 1.165) is 27.7 Å². The van der Waals surface area contributed by atoms with Crippen molar-refractivity contribution in [1.29, 1.82) is 0 Å². The molecule has 1 heterocycles. The van der Waals surface area contributed by atoms with Gasteiger partial charge in [-0.15, -0.1) is 0 Å². The molecule has 0 saturated heterocycles. The van der Waals surface area contributed by atoms with Crippen LogP contribution in [-0.2, 0) is 0 Å². The van der Waals surface area contributed by atoms with E-state index in [1.807, 2.05) is 60.7 Å². The Morgan fingerprint density at radius 2 is 0.872 bits per heavy atom. The van der Waals surface area contributed by atoms with Crippen molar-refractivity contribution in [1.82, 2.24) is 15.0 Å². The Morgan fingerprint density at radius 3 is 1.51 bits per heavy atom. The highest BCUT2D eigenvalue weighted by Crippen LogP contribution is 2.36. The van der Waals surface area contributed by atoms with Crippen molar-refractivity contribution in [2.75, 3.05) is 0 Å². The molecule has 0 bridgehead atoms. The highest BCUT2D eigenvalue weighted by atomic mass is 15.0. The highest BCUT2D eigenvalue weighted by molar-refractivity contribution is 6.33. The van der Waals surface area contributed by atoms with E-state index in [-0.39, 0.29) is 0 Å². The summed E-state index contributed by atoms with van der Waals surface area (Å²) in [6, 6.07) is 46.4. The Morgan fingerprint density at radius 1 is 0.385 bits per heavy atom. The SMILES string of the molecule is Bc1cc(-c2nc(-c3ccccc3)nc(-c3ccccc3)n2)cc(-c2cc3ccccc3c3ccccc23)c1. The summed E-state index contributed by atoms with van der Waals surface area (Å²) in [7, 11) is 2.13. The first-order valence-electron chi connectivity index (χ1n) is 13.1. The number of fused-ring (bicyclic) bond motifs is 3. The molecule has 0 spiro atoms. The Labute approximate surface area is 228 Å². The lowest BCUT2D eigenvalue weighted by Crippen LogP contribution is -2.06. The van der Waals surface area contributed by atoms with E-state index in [0.29, 0.717) is 17.5 Å². The minimum Gasteiger partial charge on any atom is -0.208 e. The van der Waals surface area contributed by atoms with Crippen molar-refractivity contribution in [3.8, 4) is 45.3 Å². The largest absolute Gasteiger partial charge is 0.208 e. The van der Waals surface area contributed by atoms with Gasteiger partial charge in [0, 0.05) is 16.7 Å². The molecule has 0 N–H and O–H groups in total. The minimum absolute atomic E-state index is 0.665. The Balaban J connectivity index is 1.45. The standard InChI is InChI=1S/C35H24BN3/c36-28-20-26(32-22-25-15-7-8-16-29(25)30-17-9-10-18-31(30)32)19-27(21-28)35-38-33(23-11-3-1-4-12-23)37-34(39-35)24-13-5-2-6-14-24/h1-22H,36H2. The van der Waals surface area contributed by atoms with Gasteiger partial charge in [0.25, 0.3) is 0 Å². The maximum Gasteiger partial charge on any atom is 0.164 e. The molecule has 7 aromatic rings. The van der Waals surface area contributed by atoms with Crippen LogP contribution in [0.15, 0.2) is 133 Å². The fourth-order valence-electron chi connectivity index (χ4n) is 5.30. The van der Waals surface area contributed by atoms with Crippen LogP contribution in [0.5, 0.6) is 0 Å². The molecule has 0 aliphatic carbocycles. The molecular weight excluding hydrogens is 473 g/mol. The average molecular weight is 497 g/mol. The van der Waals surface area contributed by atoms with E-state index in [9.17, 15) is 0 Å². The van der Waals surface area contributed by atoms with E-state index in [2.05, 4.69) is 80.6 Å². The minimum atomic E-state index is 0.665. The van der Waals surface area contributed by atoms with Crippen LogP contribution < -0.4 is 5.46 Å². The molecule has 6 aromatic carbocycles. The van der Waals surface area contributed by atoms with Gasteiger partial charge in [-0.3, -0.25) is 0 Å². The number of nitrogens with zero attached hydrogens (tertiary/aromatic N) is 3. The number of hydrogen-bond acceptors (Lipinski definition) is 3. The van der Waals surface area contributed by atoms with Crippen LogP contribution in [-0.4, -0.2) is 22.8 Å². The number of benzene rings is 6. The molecule has 3 nitrogen and oxygen atoms in total. The summed E-state index contributed by atoms with van der Waals surface area (Å²) in [5.41, 5.74) is 6.41. The predicted molar refractivity (Wildman–Crippen MR) is 165 cm³/mol. The molecule has 0 unspecified atom stereocenters. The zero-order chi connectivity index (χ0) is 26.2. The molecular formula is C35H24BN3. The molecule has 0 radical (unpaired) electrons. The van der Waals surface area contributed by atoms with E-state index in [4.69, 9.17) is 15.0 Å². The van der Waals surface area contributed by atoms with Crippen molar-refractivity contribution in [2.45, 2.75) is 0 Å². The van der Waals surface area contributed by atoms with Gasteiger partial charge in [-0.05, 0) is 44.8 Å². The van der Waals surface area contributed by atoms with Crippen molar-refractivity contribution in [2.24, 2.45) is 0 Å². The van der Waals surface area contributed by atoms with Gasteiger partial charge in [0.1, 0.15) is 7.85 Å². The number of rotatable bonds is 4. The maximum atomic E-state index is 4.97. The molecule has 0 fully saturated rings. The molecule has 39 heavy (non-hydrogen) atoms. The third kappa shape index (κ3) is 4.36. The lowest BCUT2D eigenvalue weighted by molar-refractivity contribution is 1.07. The molecule has 0 atom stereocenters. The molecule has 4 heteroatoms. The van der Waals surface area contributed by atoms with Gasteiger partial charge in [-0.25, -0.2) is 15.0 Å². The molecule has 0 aliphatic rings. The first-order valence-corrected chi connectivity index (χ1v) is 13.1. The zero-order valence-electron chi connectivity index (χ0n) is 21.5. The summed E-state index contributed by atoms with van der Waals surface area (Å²) in [5, 5.41) is 4.99.